The predicted molar refractivity (Wildman–Crippen MR) is 87.5 cm³/mol. The molecule has 1 aromatic heterocycles. The lowest BCUT2D eigenvalue weighted by Crippen LogP contribution is -2.42. The maximum Gasteiger partial charge on any atom is 0.0616 e. The molecule has 0 radical (unpaired) electrons. The second kappa shape index (κ2) is 8.50. The Morgan fingerprint density at radius 3 is 2.81 bits per heavy atom. The first kappa shape index (κ1) is 16.4. The molecule has 2 rings (SSSR count). The summed E-state index contributed by atoms with van der Waals surface area (Å²) in [5.74, 6) is 0.620. The van der Waals surface area contributed by atoms with Gasteiger partial charge in [-0.3, -0.25) is 4.98 Å². The zero-order chi connectivity index (χ0) is 15.1. The van der Waals surface area contributed by atoms with Gasteiger partial charge in [-0.05, 0) is 43.9 Å². The number of nitrogens with zero attached hydrogens (tertiary/aromatic N) is 1. The third kappa shape index (κ3) is 4.52. The van der Waals surface area contributed by atoms with Crippen LogP contribution in [0.15, 0.2) is 18.3 Å². The lowest BCUT2D eigenvalue weighted by Gasteiger charge is -2.28. The van der Waals surface area contributed by atoms with Crippen molar-refractivity contribution in [3.8, 4) is 0 Å². The van der Waals surface area contributed by atoms with E-state index >= 15 is 0 Å². The van der Waals surface area contributed by atoms with Gasteiger partial charge in [0.15, 0.2) is 0 Å². The van der Waals surface area contributed by atoms with Gasteiger partial charge in [0.25, 0.3) is 0 Å². The van der Waals surface area contributed by atoms with Crippen molar-refractivity contribution in [3.05, 3.63) is 29.6 Å². The van der Waals surface area contributed by atoms with Gasteiger partial charge >= 0.3 is 0 Å². The minimum absolute atomic E-state index is 0.411. The molecule has 1 aliphatic heterocycles. The van der Waals surface area contributed by atoms with Crippen LogP contribution in [0.5, 0.6) is 0 Å². The van der Waals surface area contributed by atoms with Crippen molar-refractivity contribution in [2.45, 2.75) is 65.0 Å². The topological polar surface area (TPSA) is 34.2 Å². The number of pyridine rings is 1. The Kier molecular flexibility index (Phi) is 6.65. The molecule has 0 spiro atoms. The van der Waals surface area contributed by atoms with Crippen LogP contribution in [0.1, 0.15) is 51.3 Å². The second-order valence-corrected chi connectivity index (χ2v) is 6.05. The summed E-state index contributed by atoms with van der Waals surface area (Å²) in [7, 11) is 0. The van der Waals surface area contributed by atoms with E-state index in [1.54, 1.807) is 0 Å². The molecule has 1 fully saturated rings. The number of aryl methyl sites for hydroxylation is 1. The van der Waals surface area contributed by atoms with Gasteiger partial charge in [0.2, 0.25) is 0 Å². The molecule has 21 heavy (non-hydrogen) atoms. The SMILES string of the molecule is CCCNC(Cc1ccc(CC)cn1)C1CCOC1CC. The van der Waals surface area contributed by atoms with E-state index in [2.05, 4.69) is 43.2 Å². The molecule has 0 aliphatic carbocycles. The molecule has 3 nitrogen and oxygen atoms in total. The summed E-state index contributed by atoms with van der Waals surface area (Å²) in [6, 6.07) is 4.88. The Morgan fingerprint density at radius 2 is 2.19 bits per heavy atom. The Labute approximate surface area is 129 Å². The predicted octanol–water partition coefficient (Wildman–Crippen LogP) is 3.37. The number of aromatic nitrogens is 1. The average molecular weight is 290 g/mol. The van der Waals surface area contributed by atoms with Crippen molar-refractivity contribution in [2.24, 2.45) is 5.92 Å². The van der Waals surface area contributed by atoms with Crippen LogP contribution in [0.4, 0.5) is 0 Å². The Morgan fingerprint density at radius 1 is 1.33 bits per heavy atom. The molecule has 0 saturated carbocycles. The van der Waals surface area contributed by atoms with E-state index in [9.17, 15) is 0 Å². The number of hydrogen-bond donors (Lipinski definition) is 1. The number of hydrogen-bond acceptors (Lipinski definition) is 3. The molecule has 0 bridgehead atoms. The Hall–Kier alpha value is -0.930. The molecule has 0 amide bonds. The molecular weight excluding hydrogens is 260 g/mol. The molecule has 1 N–H and O–H groups in total. The van der Waals surface area contributed by atoms with E-state index in [0.717, 1.165) is 32.4 Å². The van der Waals surface area contributed by atoms with Crippen LogP contribution in [0, 0.1) is 5.92 Å². The zero-order valence-corrected chi connectivity index (χ0v) is 13.8. The van der Waals surface area contributed by atoms with Gasteiger partial charge in [-0.25, -0.2) is 0 Å². The number of nitrogens with one attached hydrogen (secondary N) is 1. The first-order chi connectivity index (χ1) is 10.3. The summed E-state index contributed by atoms with van der Waals surface area (Å²) in [6.45, 7) is 8.61. The Balaban J connectivity index is 2.04. The van der Waals surface area contributed by atoms with Crippen LogP contribution >= 0.6 is 0 Å². The third-order valence-corrected chi connectivity index (χ3v) is 4.56. The molecule has 1 aromatic rings. The third-order valence-electron chi connectivity index (χ3n) is 4.56. The second-order valence-electron chi connectivity index (χ2n) is 6.05. The molecular formula is C18H30N2O. The first-order valence-electron chi connectivity index (χ1n) is 8.57. The van der Waals surface area contributed by atoms with Crippen LogP contribution in [-0.2, 0) is 17.6 Å². The van der Waals surface area contributed by atoms with Gasteiger partial charge < -0.3 is 10.1 Å². The molecule has 2 heterocycles. The molecule has 118 valence electrons. The summed E-state index contributed by atoms with van der Waals surface area (Å²) < 4.78 is 5.89. The van der Waals surface area contributed by atoms with Gasteiger partial charge in [-0.15, -0.1) is 0 Å². The number of ether oxygens (including phenoxy) is 1. The largest absolute Gasteiger partial charge is 0.378 e. The van der Waals surface area contributed by atoms with Gasteiger partial charge in [0.1, 0.15) is 0 Å². The summed E-state index contributed by atoms with van der Waals surface area (Å²) in [5, 5.41) is 3.73. The van der Waals surface area contributed by atoms with E-state index in [1.165, 1.54) is 24.1 Å². The Bertz CT molecular complexity index is 404. The van der Waals surface area contributed by atoms with Gasteiger partial charge in [0, 0.05) is 36.9 Å². The van der Waals surface area contributed by atoms with Crippen molar-refractivity contribution in [1.82, 2.24) is 10.3 Å². The summed E-state index contributed by atoms with van der Waals surface area (Å²) >= 11 is 0. The van der Waals surface area contributed by atoms with Crippen LogP contribution in [0.2, 0.25) is 0 Å². The van der Waals surface area contributed by atoms with Crippen LogP contribution in [-0.4, -0.2) is 30.3 Å². The van der Waals surface area contributed by atoms with E-state index in [-0.39, 0.29) is 0 Å². The van der Waals surface area contributed by atoms with E-state index in [0.29, 0.717) is 18.1 Å². The van der Waals surface area contributed by atoms with Gasteiger partial charge in [-0.1, -0.05) is 26.8 Å². The fraction of sp³-hybridized carbons (Fsp3) is 0.722. The van der Waals surface area contributed by atoms with Crippen LogP contribution in [0.25, 0.3) is 0 Å². The zero-order valence-electron chi connectivity index (χ0n) is 13.8. The van der Waals surface area contributed by atoms with Crippen molar-refractivity contribution in [3.63, 3.8) is 0 Å². The monoisotopic (exact) mass is 290 g/mol. The molecule has 0 aromatic carbocycles. The van der Waals surface area contributed by atoms with Crippen LogP contribution < -0.4 is 5.32 Å². The van der Waals surface area contributed by atoms with Gasteiger partial charge in [0.05, 0.1) is 6.10 Å². The van der Waals surface area contributed by atoms with Gasteiger partial charge in [-0.2, -0.15) is 0 Å². The normalized spacial score (nSPS) is 23.4. The smallest absolute Gasteiger partial charge is 0.0616 e. The summed E-state index contributed by atoms with van der Waals surface area (Å²) in [4.78, 5) is 4.64. The lowest BCUT2D eigenvalue weighted by atomic mass is 9.88. The van der Waals surface area contributed by atoms with E-state index in [1.807, 2.05) is 6.20 Å². The maximum absolute atomic E-state index is 5.89. The highest BCUT2D eigenvalue weighted by Crippen LogP contribution is 2.28. The molecule has 3 heteroatoms. The van der Waals surface area contributed by atoms with Crippen molar-refractivity contribution >= 4 is 0 Å². The highest BCUT2D eigenvalue weighted by molar-refractivity contribution is 5.15. The molecule has 3 unspecified atom stereocenters. The summed E-state index contributed by atoms with van der Waals surface area (Å²) in [6.07, 6.45) is 7.95. The van der Waals surface area contributed by atoms with Crippen molar-refractivity contribution in [2.75, 3.05) is 13.2 Å². The molecule has 3 atom stereocenters. The van der Waals surface area contributed by atoms with Crippen molar-refractivity contribution < 1.29 is 4.74 Å². The van der Waals surface area contributed by atoms with E-state index < -0.39 is 0 Å². The standard InChI is InChI=1S/C18H30N2O/c1-4-10-19-17(16-9-11-21-18(16)6-3)12-15-8-7-14(5-2)13-20-15/h7-8,13,16-19H,4-6,9-12H2,1-3H3. The highest BCUT2D eigenvalue weighted by atomic mass is 16.5. The molecule has 1 saturated heterocycles. The lowest BCUT2D eigenvalue weighted by molar-refractivity contribution is 0.0773. The summed E-state index contributed by atoms with van der Waals surface area (Å²) in [5.41, 5.74) is 2.51. The fourth-order valence-electron chi connectivity index (χ4n) is 3.26. The number of rotatable bonds is 8. The molecule has 1 aliphatic rings. The van der Waals surface area contributed by atoms with Crippen LogP contribution in [0.3, 0.4) is 0 Å². The highest BCUT2D eigenvalue weighted by Gasteiger charge is 2.33. The minimum Gasteiger partial charge on any atom is -0.378 e. The minimum atomic E-state index is 0.411. The maximum atomic E-state index is 5.89. The quantitative estimate of drug-likeness (QED) is 0.797. The first-order valence-corrected chi connectivity index (χ1v) is 8.57. The van der Waals surface area contributed by atoms with E-state index in [4.69, 9.17) is 4.74 Å². The van der Waals surface area contributed by atoms with Crippen molar-refractivity contribution in [1.29, 1.82) is 0 Å². The average Bonchev–Trinajstić information content (AvgIpc) is 3.00. The fourth-order valence-corrected chi connectivity index (χ4v) is 3.26.